The SMILES string of the molecule is CCCCCCCCCNC(=NC)NCCN1CCCN(C)CC1. The number of hydrogen-bond donors (Lipinski definition) is 2. The molecule has 24 heavy (non-hydrogen) atoms. The third kappa shape index (κ3) is 10.9. The highest BCUT2D eigenvalue weighted by Crippen LogP contribution is 2.06. The zero-order valence-corrected chi connectivity index (χ0v) is 16.4. The number of nitrogens with one attached hydrogen (secondary N) is 2. The van der Waals surface area contributed by atoms with Gasteiger partial charge in [0.15, 0.2) is 5.96 Å². The maximum atomic E-state index is 4.33. The first-order valence-corrected chi connectivity index (χ1v) is 10.1. The van der Waals surface area contributed by atoms with Crippen molar-refractivity contribution < 1.29 is 0 Å². The van der Waals surface area contributed by atoms with Crippen molar-refractivity contribution >= 4 is 5.96 Å². The Hall–Kier alpha value is -0.810. The summed E-state index contributed by atoms with van der Waals surface area (Å²) < 4.78 is 0. The average Bonchev–Trinajstić information content (AvgIpc) is 2.80. The number of unbranched alkanes of at least 4 members (excludes halogenated alkanes) is 6. The first kappa shape index (κ1) is 21.2. The highest BCUT2D eigenvalue weighted by molar-refractivity contribution is 5.79. The maximum Gasteiger partial charge on any atom is 0.191 e. The standard InChI is InChI=1S/C19H41N5/c1-4-5-6-7-8-9-10-12-21-19(20-2)22-13-16-24-15-11-14-23(3)17-18-24/h4-18H2,1-3H3,(H2,20,21,22). The Kier molecular flexibility index (Phi) is 12.9. The molecule has 142 valence electrons. The van der Waals surface area contributed by atoms with Crippen LogP contribution in [0.1, 0.15) is 58.3 Å². The number of likely N-dealkylation sites (N-methyl/N-ethyl adjacent to an activating group) is 1. The van der Waals surface area contributed by atoms with E-state index in [9.17, 15) is 0 Å². The number of guanidine groups is 1. The molecule has 5 nitrogen and oxygen atoms in total. The van der Waals surface area contributed by atoms with Crippen molar-refractivity contribution in [3.05, 3.63) is 0 Å². The lowest BCUT2D eigenvalue weighted by atomic mass is 10.1. The van der Waals surface area contributed by atoms with Crippen molar-refractivity contribution in [1.82, 2.24) is 20.4 Å². The topological polar surface area (TPSA) is 42.9 Å². The van der Waals surface area contributed by atoms with Crippen molar-refractivity contribution in [3.8, 4) is 0 Å². The first-order chi connectivity index (χ1) is 11.8. The number of aliphatic imine (C=N–C) groups is 1. The largest absolute Gasteiger partial charge is 0.356 e. The molecule has 0 bridgehead atoms. The van der Waals surface area contributed by atoms with Crippen molar-refractivity contribution in [3.63, 3.8) is 0 Å². The van der Waals surface area contributed by atoms with Crippen LogP contribution in [0, 0.1) is 0 Å². The number of nitrogens with zero attached hydrogens (tertiary/aromatic N) is 3. The quantitative estimate of drug-likeness (QED) is 0.345. The highest BCUT2D eigenvalue weighted by Gasteiger charge is 2.11. The molecule has 0 saturated carbocycles. The van der Waals surface area contributed by atoms with Crippen molar-refractivity contribution in [1.29, 1.82) is 0 Å². The molecule has 0 spiro atoms. The van der Waals surface area contributed by atoms with Crippen LogP contribution in [0.5, 0.6) is 0 Å². The molecule has 1 aliphatic heterocycles. The minimum absolute atomic E-state index is 0.952. The normalized spacial score (nSPS) is 17.7. The summed E-state index contributed by atoms with van der Waals surface area (Å²) in [6, 6.07) is 0. The lowest BCUT2D eigenvalue weighted by Crippen LogP contribution is -2.42. The third-order valence-corrected chi connectivity index (χ3v) is 4.83. The Morgan fingerprint density at radius 3 is 2.33 bits per heavy atom. The van der Waals surface area contributed by atoms with E-state index in [1.165, 1.54) is 77.5 Å². The Morgan fingerprint density at radius 1 is 0.875 bits per heavy atom. The zero-order chi connectivity index (χ0) is 17.5. The molecule has 2 N–H and O–H groups in total. The van der Waals surface area contributed by atoms with E-state index >= 15 is 0 Å². The van der Waals surface area contributed by atoms with Crippen LogP contribution in [0.2, 0.25) is 0 Å². The molecule has 1 aliphatic rings. The maximum absolute atomic E-state index is 4.33. The summed E-state index contributed by atoms with van der Waals surface area (Å²) >= 11 is 0. The van der Waals surface area contributed by atoms with E-state index < -0.39 is 0 Å². The first-order valence-electron chi connectivity index (χ1n) is 10.1. The molecule has 0 atom stereocenters. The zero-order valence-electron chi connectivity index (χ0n) is 16.4. The molecule has 1 saturated heterocycles. The van der Waals surface area contributed by atoms with Crippen LogP contribution in [-0.4, -0.2) is 75.7 Å². The summed E-state index contributed by atoms with van der Waals surface area (Å²) in [5.41, 5.74) is 0. The molecule has 0 aromatic heterocycles. The van der Waals surface area contributed by atoms with Gasteiger partial charge in [-0.05, 0) is 33.0 Å². The number of hydrogen-bond acceptors (Lipinski definition) is 3. The van der Waals surface area contributed by atoms with Crippen molar-refractivity contribution in [2.24, 2.45) is 4.99 Å². The molecular weight excluding hydrogens is 298 g/mol. The fourth-order valence-corrected chi connectivity index (χ4v) is 3.17. The van der Waals surface area contributed by atoms with Crippen LogP contribution < -0.4 is 10.6 Å². The van der Waals surface area contributed by atoms with Gasteiger partial charge >= 0.3 is 0 Å². The van der Waals surface area contributed by atoms with E-state index in [1.54, 1.807) is 0 Å². The Balaban J connectivity index is 2.00. The van der Waals surface area contributed by atoms with Crippen molar-refractivity contribution in [2.45, 2.75) is 58.3 Å². The second-order valence-corrected chi connectivity index (χ2v) is 7.05. The Morgan fingerprint density at radius 2 is 1.58 bits per heavy atom. The smallest absolute Gasteiger partial charge is 0.191 e. The van der Waals surface area contributed by atoms with Crippen molar-refractivity contribution in [2.75, 3.05) is 59.9 Å². The van der Waals surface area contributed by atoms with Gasteiger partial charge in [0.25, 0.3) is 0 Å². The van der Waals surface area contributed by atoms with Gasteiger partial charge < -0.3 is 20.4 Å². The van der Waals surface area contributed by atoms with Gasteiger partial charge in [-0.1, -0.05) is 45.4 Å². The third-order valence-electron chi connectivity index (χ3n) is 4.83. The summed E-state index contributed by atoms with van der Waals surface area (Å²) in [6.07, 6.45) is 10.7. The van der Waals surface area contributed by atoms with Crippen LogP contribution in [0.3, 0.4) is 0 Å². The van der Waals surface area contributed by atoms with E-state index in [-0.39, 0.29) is 0 Å². The minimum Gasteiger partial charge on any atom is -0.356 e. The van der Waals surface area contributed by atoms with Crippen LogP contribution in [0.4, 0.5) is 0 Å². The van der Waals surface area contributed by atoms with E-state index in [0.717, 1.165) is 25.6 Å². The predicted molar refractivity (Wildman–Crippen MR) is 106 cm³/mol. The summed E-state index contributed by atoms with van der Waals surface area (Å²) in [5.74, 6) is 0.952. The second kappa shape index (κ2) is 14.5. The summed E-state index contributed by atoms with van der Waals surface area (Å²) in [5, 5.41) is 6.89. The summed E-state index contributed by atoms with van der Waals surface area (Å²) in [6.45, 7) is 10.2. The monoisotopic (exact) mass is 339 g/mol. The lowest BCUT2D eigenvalue weighted by molar-refractivity contribution is 0.280. The second-order valence-electron chi connectivity index (χ2n) is 7.05. The van der Waals surface area contributed by atoms with E-state index in [2.05, 4.69) is 39.4 Å². The molecule has 0 unspecified atom stereocenters. The fraction of sp³-hybridized carbons (Fsp3) is 0.947. The molecule has 0 aromatic rings. The van der Waals surface area contributed by atoms with Gasteiger partial charge in [0.2, 0.25) is 0 Å². The Bertz CT molecular complexity index is 319. The molecule has 1 rings (SSSR count). The lowest BCUT2D eigenvalue weighted by Gasteiger charge is -2.21. The summed E-state index contributed by atoms with van der Waals surface area (Å²) in [4.78, 5) is 9.31. The summed E-state index contributed by atoms with van der Waals surface area (Å²) in [7, 11) is 4.08. The Labute approximate surface area is 150 Å². The molecule has 0 aromatic carbocycles. The number of rotatable bonds is 11. The van der Waals surface area contributed by atoms with Gasteiger partial charge in [-0.2, -0.15) is 0 Å². The predicted octanol–water partition coefficient (Wildman–Crippen LogP) is 2.54. The highest BCUT2D eigenvalue weighted by atomic mass is 15.2. The molecule has 5 heteroatoms. The van der Waals surface area contributed by atoms with Crippen LogP contribution in [-0.2, 0) is 0 Å². The van der Waals surface area contributed by atoms with Crippen LogP contribution >= 0.6 is 0 Å². The fourth-order valence-electron chi connectivity index (χ4n) is 3.17. The van der Waals surface area contributed by atoms with Gasteiger partial charge in [0.05, 0.1) is 0 Å². The molecule has 0 radical (unpaired) electrons. The van der Waals surface area contributed by atoms with Gasteiger partial charge in [-0.25, -0.2) is 0 Å². The van der Waals surface area contributed by atoms with Crippen LogP contribution in [0.15, 0.2) is 4.99 Å². The van der Waals surface area contributed by atoms with Gasteiger partial charge in [-0.15, -0.1) is 0 Å². The van der Waals surface area contributed by atoms with Gasteiger partial charge in [0, 0.05) is 39.8 Å². The molecule has 1 fully saturated rings. The van der Waals surface area contributed by atoms with Crippen LogP contribution in [0.25, 0.3) is 0 Å². The average molecular weight is 340 g/mol. The van der Waals surface area contributed by atoms with E-state index in [4.69, 9.17) is 0 Å². The van der Waals surface area contributed by atoms with E-state index in [1.807, 2.05) is 7.05 Å². The molecular formula is C19H41N5. The molecule has 0 amide bonds. The minimum atomic E-state index is 0.952. The molecule has 1 heterocycles. The van der Waals surface area contributed by atoms with E-state index in [0.29, 0.717) is 0 Å². The van der Waals surface area contributed by atoms with Gasteiger partial charge in [-0.3, -0.25) is 4.99 Å². The van der Waals surface area contributed by atoms with Gasteiger partial charge in [0.1, 0.15) is 0 Å². The molecule has 0 aliphatic carbocycles.